The van der Waals surface area contributed by atoms with Crippen molar-refractivity contribution in [2.45, 2.75) is 4.90 Å². The molecule has 0 spiro atoms. The van der Waals surface area contributed by atoms with E-state index in [1.165, 1.54) is 23.6 Å². The Kier molecular flexibility index (Phi) is 3.18. The number of anilines is 2. The average Bonchev–Trinajstić information content (AvgIpc) is 2.78. The topological polar surface area (TPSA) is 118 Å². The zero-order chi connectivity index (χ0) is 15.0. The predicted octanol–water partition coefficient (Wildman–Crippen LogP) is 0.922. The third-order valence-corrected chi connectivity index (χ3v) is 4.64. The number of rotatable bonds is 3. The summed E-state index contributed by atoms with van der Waals surface area (Å²) in [4.78, 5) is 19.3. The lowest BCUT2D eigenvalue weighted by Crippen LogP contribution is -2.13. The van der Waals surface area contributed by atoms with E-state index in [9.17, 15) is 13.2 Å². The normalized spacial score (nSPS) is 11.7. The lowest BCUT2D eigenvalue weighted by atomic mass is 10.3. The molecule has 0 radical (unpaired) electrons. The van der Waals surface area contributed by atoms with Crippen LogP contribution in [0.1, 0.15) is 0 Å². The summed E-state index contributed by atoms with van der Waals surface area (Å²) in [6.45, 7) is 0. The van der Waals surface area contributed by atoms with Gasteiger partial charge in [-0.1, -0.05) is 11.3 Å². The molecule has 0 saturated carbocycles. The van der Waals surface area contributed by atoms with Crippen molar-refractivity contribution in [3.05, 3.63) is 34.9 Å². The molecule has 0 aliphatic rings. The summed E-state index contributed by atoms with van der Waals surface area (Å²) in [7, 11) is -3.26. The van der Waals surface area contributed by atoms with Gasteiger partial charge in [-0.25, -0.2) is 23.3 Å². The van der Waals surface area contributed by atoms with Crippen LogP contribution in [-0.2, 0) is 9.84 Å². The predicted molar refractivity (Wildman–Crippen MR) is 78.7 cm³/mol. The zero-order valence-corrected chi connectivity index (χ0v) is 12.3. The standard InChI is InChI=1S/C11H9N5O3S2/c1-21(18,19)6-2-3-7-8(4-6)20-11(13-7)15-9-5-12-16-10(17)14-9/h2-5H,1H3,(H2,13,14,15,16,17). The van der Waals surface area contributed by atoms with Crippen LogP contribution < -0.4 is 11.0 Å². The first-order valence-electron chi connectivity index (χ1n) is 5.71. The molecule has 3 aromatic rings. The van der Waals surface area contributed by atoms with Gasteiger partial charge in [0.05, 0.1) is 21.3 Å². The van der Waals surface area contributed by atoms with Crippen LogP contribution in [0.5, 0.6) is 0 Å². The summed E-state index contributed by atoms with van der Waals surface area (Å²) < 4.78 is 23.8. The molecule has 0 fully saturated rings. The van der Waals surface area contributed by atoms with Crippen LogP contribution in [0.4, 0.5) is 10.9 Å². The lowest BCUT2D eigenvalue weighted by molar-refractivity contribution is 0.602. The largest absolute Gasteiger partial charge is 0.363 e. The van der Waals surface area contributed by atoms with E-state index < -0.39 is 15.5 Å². The second kappa shape index (κ2) is 4.90. The number of nitrogens with zero attached hydrogens (tertiary/aromatic N) is 3. The van der Waals surface area contributed by atoms with Crippen LogP contribution in [0.3, 0.4) is 0 Å². The quantitative estimate of drug-likeness (QED) is 0.736. The first-order chi connectivity index (χ1) is 9.91. The molecule has 108 valence electrons. The number of thiazole rings is 1. The molecule has 0 bridgehead atoms. The van der Waals surface area contributed by atoms with Crippen molar-refractivity contribution in [3.8, 4) is 0 Å². The van der Waals surface area contributed by atoms with E-state index in [4.69, 9.17) is 0 Å². The van der Waals surface area contributed by atoms with E-state index in [2.05, 4.69) is 25.5 Å². The first kappa shape index (κ1) is 13.6. The molecule has 2 heterocycles. The Hall–Kier alpha value is -2.33. The van der Waals surface area contributed by atoms with Gasteiger partial charge in [0.15, 0.2) is 20.8 Å². The van der Waals surface area contributed by atoms with Crippen molar-refractivity contribution in [1.82, 2.24) is 20.2 Å². The highest BCUT2D eigenvalue weighted by atomic mass is 32.2. The molecule has 21 heavy (non-hydrogen) atoms. The fourth-order valence-corrected chi connectivity index (χ4v) is 3.30. The van der Waals surface area contributed by atoms with Crippen molar-refractivity contribution >= 4 is 42.3 Å². The Labute approximate surface area is 122 Å². The highest BCUT2D eigenvalue weighted by Gasteiger charge is 2.11. The fourth-order valence-electron chi connectivity index (χ4n) is 1.67. The minimum Gasteiger partial charge on any atom is -0.315 e. The Morgan fingerprint density at radius 3 is 2.81 bits per heavy atom. The van der Waals surface area contributed by atoms with Crippen LogP contribution in [-0.4, -0.2) is 34.8 Å². The summed E-state index contributed by atoms with van der Waals surface area (Å²) in [6.07, 6.45) is 2.51. The highest BCUT2D eigenvalue weighted by molar-refractivity contribution is 7.90. The average molecular weight is 323 g/mol. The van der Waals surface area contributed by atoms with Crippen molar-refractivity contribution < 1.29 is 8.42 Å². The SMILES string of the molecule is CS(=O)(=O)c1ccc2nc(Nc3cn[nH]c(=O)n3)sc2c1. The maximum absolute atomic E-state index is 11.5. The molecule has 0 atom stereocenters. The monoisotopic (exact) mass is 323 g/mol. The van der Waals surface area contributed by atoms with Gasteiger partial charge >= 0.3 is 5.69 Å². The Morgan fingerprint density at radius 2 is 2.10 bits per heavy atom. The summed E-state index contributed by atoms with van der Waals surface area (Å²) in [5, 5.41) is 9.14. The molecule has 0 unspecified atom stereocenters. The van der Waals surface area contributed by atoms with Crippen molar-refractivity contribution in [1.29, 1.82) is 0 Å². The smallest absolute Gasteiger partial charge is 0.315 e. The van der Waals surface area contributed by atoms with Crippen LogP contribution in [0, 0.1) is 0 Å². The van der Waals surface area contributed by atoms with Gasteiger partial charge in [-0.3, -0.25) is 0 Å². The van der Waals surface area contributed by atoms with Crippen molar-refractivity contribution in [2.75, 3.05) is 11.6 Å². The Balaban J connectivity index is 2.00. The highest BCUT2D eigenvalue weighted by Crippen LogP contribution is 2.29. The third kappa shape index (κ3) is 2.90. The molecule has 3 rings (SSSR count). The lowest BCUT2D eigenvalue weighted by Gasteiger charge is -1.97. The third-order valence-electron chi connectivity index (χ3n) is 2.59. The number of fused-ring (bicyclic) bond motifs is 1. The summed E-state index contributed by atoms with van der Waals surface area (Å²) in [6, 6.07) is 4.71. The Bertz CT molecular complexity index is 977. The van der Waals surface area contributed by atoms with E-state index in [-0.39, 0.29) is 10.7 Å². The van der Waals surface area contributed by atoms with E-state index in [1.807, 2.05) is 0 Å². The number of sulfone groups is 1. The molecule has 0 aliphatic heterocycles. The van der Waals surface area contributed by atoms with Gasteiger partial charge in [0.25, 0.3) is 0 Å². The van der Waals surface area contributed by atoms with Gasteiger partial charge in [-0.2, -0.15) is 10.1 Å². The number of H-pyrrole nitrogens is 1. The molecule has 0 saturated heterocycles. The number of aromatic nitrogens is 4. The Morgan fingerprint density at radius 1 is 1.29 bits per heavy atom. The maximum Gasteiger partial charge on any atom is 0.363 e. The number of hydrogen-bond donors (Lipinski definition) is 2. The molecular formula is C11H9N5O3S2. The number of nitrogens with one attached hydrogen (secondary N) is 2. The van der Waals surface area contributed by atoms with E-state index >= 15 is 0 Å². The minimum absolute atomic E-state index is 0.237. The van der Waals surface area contributed by atoms with Gasteiger partial charge < -0.3 is 5.32 Å². The molecule has 0 amide bonds. The molecule has 2 N–H and O–H groups in total. The van der Waals surface area contributed by atoms with Crippen LogP contribution in [0.25, 0.3) is 10.2 Å². The molecule has 10 heteroatoms. The maximum atomic E-state index is 11.5. The number of aromatic amines is 1. The molecular weight excluding hydrogens is 314 g/mol. The van der Waals surface area contributed by atoms with E-state index in [1.54, 1.807) is 12.1 Å². The van der Waals surface area contributed by atoms with Crippen LogP contribution in [0.15, 0.2) is 34.1 Å². The van der Waals surface area contributed by atoms with E-state index in [0.29, 0.717) is 10.6 Å². The van der Waals surface area contributed by atoms with E-state index in [0.717, 1.165) is 11.0 Å². The van der Waals surface area contributed by atoms with Gasteiger partial charge in [0, 0.05) is 6.26 Å². The minimum atomic E-state index is -3.26. The summed E-state index contributed by atoms with van der Waals surface area (Å²) in [5.74, 6) is 0.265. The van der Waals surface area contributed by atoms with Crippen molar-refractivity contribution in [2.24, 2.45) is 0 Å². The fraction of sp³-hybridized carbons (Fsp3) is 0.0909. The first-order valence-corrected chi connectivity index (χ1v) is 8.42. The second-order valence-electron chi connectivity index (χ2n) is 4.22. The zero-order valence-electron chi connectivity index (χ0n) is 10.7. The number of benzene rings is 1. The summed E-state index contributed by atoms with van der Waals surface area (Å²) >= 11 is 1.26. The van der Waals surface area contributed by atoms with Crippen molar-refractivity contribution in [3.63, 3.8) is 0 Å². The van der Waals surface area contributed by atoms with Gasteiger partial charge in [0.2, 0.25) is 0 Å². The van der Waals surface area contributed by atoms with Crippen LogP contribution in [0.2, 0.25) is 0 Å². The molecule has 1 aromatic carbocycles. The van der Waals surface area contributed by atoms with Gasteiger partial charge in [0.1, 0.15) is 0 Å². The molecule has 8 nitrogen and oxygen atoms in total. The molecule has 0 aliphatic carbocycles. The van der Waals surface area contributed by atoms with Gasteiger partial charge in [-0.15, -0.1) is 0 Å². The van der Waals surface area contributed by atoms with Crippen LogP contribution >= 0.6 is 11.3 Å². The number of hydrogen-bond acceptors (Lipinski definition) is 8. The van der Waals surface area contributed by atoms with Gasteiger partial charge in [-0.05, 0) is 18.2 Å². The summed E-state index contributed by atoms with van der Waals surface area (Å²) in [5.41, 5.74) is 0.0909. The second-order valence-corrected chi connectivity index (χ2v) is 7.26. The molecule has 2 aromatic heterocycles.